The van der Waals surface area contributed by atoms with Gasteiger partial charge in [0.25, 0.3) is 0 Å². The number of hydrogen-bond acceptors (Lipinski definition) is 6. The zero-order valence-corrected chi connectivity index (χ0v) is 13.9. The lowest BCUT2D eigenvalue weighted by atomic mass is 10.3. The van der Waals surface area contributed by atoms with Crippen LogP contribution >= 0.6 is 22.9 Å². The van der Waals surface area contributed by atoms with Gasteiger partial charge in [-0.1, -0.05) is 0 Å². The summed E-state index contributed by atoms with van der Waals surface area (Å²) in [6, 6.07) is 0. The Bertz CT molecular complexity index is 478. The van der Waals surface area contributed by atoms with Gasteiger partial charge >= 0.3 is 5.97 Å². The topological polar surface area (TPSA) is 68.7 Å². The molecule has 1 amide bonds. The van der Waals surface area contributed by atoms with Crippen molar-refractivity contribution in [3.05, 3.63) is 16.1 Å². The van der Waals surface area contributed by atoms with Crippen molar-refractivity contribution < 1.29 is 19.1 Å². The molecule has 0 aliphatic heterocycles. The van der Waals surface area contributed by atoms with Crippen molar-refractivity contribution in [1.82, 2.24) is 9.88 Å². The van der Waals surface area contributed by atoms with E-state index >= 15 is 0 Å². The molecule has 0 spiro atoms. The second-order valence-corrected chi connectivity index (χ2v) is 5.81. The zero-order valence-electron chi connectivity index (χ0n) is 12.3. The van der Waals surface area contributed by atoms with Gasteiger partial charge in [0.05, 0.1) is 19.8 Å². The molecule has 0 radical (unpaired) electrons. The molecule has 1 aromatic heterocycles. The van der Waals surface area contributed by atoms with E-state index in [9.17, 15) is 9.59 Å². The van der Waals surface area contributed by atoms with Crippen LogP contribution in [0.15, 0.2) is 5.38 Å². The fourth-order valence-electron chi connectivity index (χ4n) is 1.57. The van der Waals surface area contributed by atoms with Crippen LogP contribution in [-0.2, 0) is 20.8 Å². The number of methoxy groups -OCH3 is 1. The van der Waals surface area contributed by atoms with Crippen molar-refractivity contribution in [1.29, 1.82) is 0 Å². The highest BCUT2D eigenvalue weighted by atomic mass is 35.5. The molecule has 0 aliphatic rings. The highest BCUT2D eigenvalue weighted by Gasteiger charge is 2.20. The molecule has 21 heavy (non-hydrogen) atoms. The standard InChI is InChI=1S/C13H19ClN2O4S/c1-4-20-13(18)10-8-21-11(15-10)7-16(5-6-19-3)12(17)9(2)14/h8-9H,4-7H2,1-3H3/t9-/m1/s1. The minimum atomic E-state index is -0.619. The quantitative estimate of drug-likeness (QED) is 0.536. The number of halogens is 1. The molecule has 6 nitrogen and oxygen atoms in total. The minimum absolute atomic E-state index is 0.193. The highest BCUT2D eigenvalue weighted by Crippen LogP contribution is 2.15. The van der Waals surface area contributed by atoms with E-state index in [-0.39, 0.29) is 11.6 Å². The predicted molar refractivity (Wildman–Crippen MR) is 80.7 cm³/mol. The van der Waals surface area contributed by atoms with Crippen LogP contribution in [0.2, 0.25) is 0 Å². The van der Waals surface area contributed by atoms with Crippen molar-refractivity contribution >= 4 is 34.8 Å². The molecule has 0 saturated heterocycles. The second-order valence-electron chi connectivity index (χ2n) is 4.22. The van der Waals surface area contributed by atoms with Crippen LogP contribution in [0.5, 0.6) is 0 Å². The number of nitrogens with zero attached hydrogens (tertiary/aromatic N) is 2. The van der Waals surface area contributed by atoms with Crippen molar-refractivity contribution in [2.45, 2.75) is 25.8 Å². The van der Waals surface area contributed by atoms with Crippen LogP contribution in [0.4, 0.5) is 0 Å². The number of carbonyl (C=O) groups is 2. The smallest absolute Gasteiger partial charge is 0.357 e. The summed E-state index contributed by atoms with van der Waals surface area (Å²) in [6.07, 6.45) is 0. The van der Waals surface area contributed by atoms with Crippen molar-refractivity contribution in [3.8, 4) is 0 Å². The number of esters is 1. The predicted octanol–water partition coefficient (Wildman–Crippen LogP) is 1.92. The number of thiazole rings is 1. The first-order chi connectivity index (χ1) is 9.99. The lowest BCUT2D eigenvalue weighted by Gasteiger charge is -2.22. The average Bonchev–Trinajstić information content (AvgIpc) is 2.91. The molecule has 0 fully saturated rings. The van der Waals surface area contributed by atoms with E-state index in [4.69, 9.17) is 21.1 Å². The summed E-state index contributed by atoms with van der Waals surface area (Å²) in [6.45, 7) is 4.77. The van der Waals surface area contributed by atoms with Crippen LogP contribution in [0.3, 0.4) is 0 Å². The summed E-state index contributed by atoms with van der Waals surface area (Å²) in [5, 5.41) is 1.65. The molecule has 0 unspecified atom stereocenters. The number of aromatic nitrogens is 1. The van der Waals surface area contributed by atoms with Gasteiger partial charge in [0.1, 0.15) is 10.4 Å². The molecule has 0 aliphatic carbocycles. The van der Waals surface area contributed by atoms with E-state index in [0.717, 1.165) is 0 Å². The van der Waals surface area contributed by atoms with Gasteiger partial charge in [0, 0.05) is 19.0 Å². The molecule has 0 aromatic carbocycles. The highest BCUT2D eigenvalue weighted by molar-refractivity contribution is 7.09. The first kappa shape index (κ1) is 17.9. The number of carbonyl (C=O) groups excluding carboxylic acids is 2. The average molecular weight is 335 g/mol. The number of alkyl halides is 1. The molecule has 1 aromatic rings. The summed E-state index contributed by atoms with van der Waals surface area (Å²) < 4.78 is 9.87. The maximum absolute atomic E-state index is 12.0. The van der Waals surface area contributed by atoms with Crippen molar-refractivity contribution in [3.63, 3.8) is 0 Å². The fourth-order valence-corrected chi connectivity index (χ4v) is 2.48. The summed E-state index contributed by atoms with van der Waals surface area (Å²) in [7, 11) is 1.56. The van der Waals surface area contributed by atoms with E-state index in [0.29, 0.717) is 31.3 Å². The number of hydrogen-bond donors (Lipinski definition) is 0. The van der Waals surface area contributed by atoms with E-state index < -0.39 is 11.3 Å². The first-order valence-electron chi connectivity index (χ1n) is 6.52. The largest absolute Gasteiger partial charge is 0.461 e. The Morgan fingerprint density at radius 2 is 2.24 bits per heavy atom. The Morgan fingerprint density at radius 1 is 1.52 bits per heavy atom. The Balaban J connectivity index is 2.74. The maximum Gasteiger partial charge on any atom is 0.357 e. The number of ether oxygens (including phenoxy) is 2. The van der Waals surface area contributed by atoms with Crippen LogP contribution in [0.1, 0.15) is 29.3 Å². The van der Waals surface area contributed by atoms with Crippen LogP contribution in [0, 0.1) is 0 Å². The lowest BCUT2D eigenvalue weighted by Crippen LogP contribution is -2.37. The van der Waals surface area contributed by atoms with E-state index in [1.165, 1.54) is 11.3 Å². The van der Waals surface area contributed by atoms with Gasteiger partial charge in [-0.15, -0.1) is 22.9 Å². The van der Waals surface area contributed by atoms with Gasteiger partial charge in [0.2, 0.25) is 5.91 Å². The summed E-state index contributed by atoms with van der Waals surface area (Å²) in [5.74, 6) is -0.651. The molecular weight excluding hydrogens is 316 g/mol. The Kier molecular flexibility index (Phi) is 7.63. The minimum Gasteiger partial charge on any atom is -0.461 e. The van der Waals surface area contributed by atoms with E-state index in [1.54, 1.807) is 31.2 Å². The van der Waals surface area contributed by atoms with Gasteiger partial charge in [-0.3, -0.25) is 4.79 Å². The molecular formula is C13H19ClN2O4S. The molecule has 1 rings (SSSR count). The lowest BCUT2D eigenvalue weighted by molar-refractivity contribution is -0.131. The molecule has 0 bridgehead atoms. The summed E-state index contributed by atoms with van der Waals surface area (Å²) in [4.78, 5) is 29.3. The van der Waals surface area contributed by atoms with Gasteiger partial charge < -0.3 is 14.4 Å². The summed E-state index contributed by atoms with van der Waals surface area (Å²) >= 11 is 7.15. The molecule has 0 N–H and O–H groups in total. The van der Waals surface area contributed by atoms with Crippen molar-refractivity contribution in [2.75, 3.05) is 26.9 Å². The number of amides is 1. The SMILES string of the molecule is CCOC(=O)c1csc(CN(CCOC)C(=O)[C@@H](C)Cl)n1. The molecule has 1 heterocycles. The monoisotopic (exact) mass is 334 g/mol. The third kappa shape index (κ3) is 5.61. The Morgan fingerprint density at radius 3 is 2.81 bits per heavy atom. The fraction of sp³-hybridized carbons (Fsp3) is 0.615. The van der Waals surface area contributed by atoms with Crippen LogP contribution in [0.25, 0.3) is 0 Å². The number of rotatable bonds is 8. The molecule has 8 heteroatoms. The molecule has 1 atom stereocenters. The molecule has 118 valence electrons. The zero-order chi connectivity index (χ0) is 15.8. The third-order valence-electron chi connectivity index (χ3n) is 2.58. The second kappa shape index (κ2) is 8.96. The maximum atomic E-state index is 12.0. The van der Waals surface area contributed by atoms with Gasteiger partial charge in [-0.2, -0.15) is 0 Å². The normalized spacial score (nSPS) is 12.0. The van der Waals surface area contributed by atoms with Crippen LogP contribution in [-0.4, -0.2) is 54.0 Å². The third-order valence-corrected chi connectivity index (χ3v) is 3.60. The summed E-state index contributed by atoms with van der Waals surface area (Å²) in [5.41, 5.74) is 0.259. The first-order valence-corrected chi connectivity index (χ1v) is 7.84. The van der Waals surface area contributed by atoms with Gasteiger partial charge in [0.15, 0.2) is 5.69 Å². The Labute approximate surface area is 133 Å². The van der Waals surface area contributed by atoms with Gasteiger partial charge in [-0.05, 0) is 13.8 Å². The van der Waals surface area contributed by atoms with E-state index in [1.807, 2.05) is 0 Å². The van der Waals surface area contributed by atoms with Crippen LogP contribution < -0.4 is 0 Å². The molecule has 0 saturated carbocycles. The Hall–Kier alpha value is -1.18. The van der Waals surface area contributed by atoms with E-state index in [2.05, 4.69) is 4.98 Å². The van der Waals surface area contributed by atoms with Gasteiger partial charge in [-0.25, -0.2) is 9.78 Å². The van der Waals surface area contributed by atoms with Crippen molar-refractivity contribution in [2.24, 2.45) is 0 Å².